The standard InChI is InChI=1S/C24H26N2O5/c27-20-15-24(31-21-4-2-1-3-19(20)21)9-11-26(12-10-24)23(28)17-5-6-22(25-16-17)30-18-7-13-29-14-8-18/h1-6,16,18H,7-15H2. The SMILES string of the molecule is O=C1CC2(CCN(C(=O)c3ccc(OC4CCOCC4)nc3)CC2)Oc2ccccc21. The molecular weight excluding hydrogens is 396 g/mol. The third-order valence-electron chi connectivity index (χ3n) is 6.40. The van der Waals surface area contributed by atoms with Gasteiger partial charge < -0.3 is 19.1 Å². The number of likely N-dealkylation sites (tertiary alicyclic amines) is 1. The maximum absolute atomic E-state index is 13.0. The van der Waals surface area contributed by atoms with Crippen molar-refractivity contribution in [2.75, 3.05) is 26.3 Å². The van der Waals surface area contributed by atoms with E-state index in [0.717, 1.165) is 12.8 Å². The minimum atomic E-state index is -0.512. The number of ketones is 1. The van der Waals surface area contributed by atoms with E-state index >= 15 is 0 Å². The number of carbonyl (C=O) groups excluding carboxylic acids is 2. The molecule has 0 unspecified atom stereocenters. The summed E-state index contributed by atoms with van der Waals surface area (Å²) in [5, 5.41) is 0. The maximum Gasteiger partial charge on any atom is 0.255 e. The number of pyridine rings is 1. The van der Waals surface area contributed by atoms with E-state index in [9.17, 15) is 9.59 Å². The Bertz CT molecular complexity index is 960. The highest BCUT2D eigenvalue weighted by Crippen LogP contribution is 2.39. The van der Waals surface area contributed by atoms with Crippen LogP contribution >= 0.6 is 0 Å². The zero-order chi connectivity index (χ0) is 21.3. The molecule has 0 saturated carbocycles. The summed E-state index contributed by atoms with van der Waals surface area (Å²) in [5.41, 5.74) is 0.684. The lowest BCUT2D eigenvalue weighted by molar-refractivity contribution is -0.00571. The molecular formula is C24H26N2O5. The van der Waals surface area contributed by atoms with Crippen LogP contribution in [0.15, 0.2) is 42.6 Å². The molecule has 1 amide bonds. The molecule has 0 N–H and O–H groups in total. The molecule has 1 aromatic heterocycles. The minimum absolute atomic E-state index is 0.0532. The van der Waals surface area contributed by atoms with E-state index in [-0.39, 0.29) is 17.8 Å². The number of piperidine rings is 1. The predicted octanol–water partition coefficient (Wildman–Crippen LogP) is 3.28. The van der Waals surface area contributed by atoms with Crippen LogP contribution in [-0.2, 0) is 4.74 Å². The number of Topliss-reactive ketones (excluding diaryl/α,β-unsaturated/α-hetero) is 1. The lowest BCUT2D eigenvalue weighted by atomic mass is 9.82. The molecule has 0 atom stereocenters. The minimum Gasteiger partial charge on any atom is -0.486 e. The van der Waals surface area contributed by atoms with Crippen LogP contribution in [0.4, 0.5) is 0 Å². The van der Waals surface area contributed by atoms with Crippen LogP contribution in [0.25, 0.3) is 0 Å². The number of rotatable bonds is 3. The fourth-order valence-electron chi connectivity index (χ4n) is 4.56. The second kappa shape index (κ2) is 8.30. The third-order valence-corrected chi connectivity index (χ3v) is 6.40. The molecule has 5 rings (SSSR count). The number of benzene rings is 1. The summed E-state index contributed by atoms with van der Waals surface area (Å²) in [7, 11) is 0. The highest BCUT2D eigenvalue weighted by atomic mass is 16.5. The van der Waals surface area contributed by atoms with E-state index in [1.165, 1.54) is 0 Å². The number of para-hydroxylation sites is 1. The zero-order valence-electron chi connectivity index (χ0n) is 17.4. The summed E-state index contributed by atoms with van der Waals surface area (Å²) in [6.07, 6.45) is 5.04. The van der Waals surface area contributed by atoms with Crippen LogP contribution in [0.5, 0.6) is 11.6 Å². The number of fused-ring (bicyclic) bond motifs is 1. The molecule has 7 heteroatoms. The van der Waals surface area contributed by atoms with E-state index in [1.54, 1.807) is 18.3 Å². The second-order valence-electron chi connectivity index (χ2n) is 8.49. The van der Waals surface area contributed by atoms with E-state index < -0.39 is 5.60 Å². The van der Waals surface area contributed by atoms with Crippen molar-refractivity contribution in [3.63, 3.8) is 0 Å². The molecule has 3 aliphatic heterocycles. The quantitative estimate of drug-likeness (QED) is 0.756. The topological polar surface area (TPSA) is 78.0 Å². The highest BCUT2D eigenvalue weighted by Gasteiger charge is 2.43. The van der Waals surface area contributed by atoms with E-state index in [4.69, 9.17) is 14.2 Å². The van der Waals surface area contributed by atoms with Gasteiger partial charge in [0.2, 0.25) is 5.88 Å². The van der Waals surface area contributed by atoms with Gasteiger partial charge in [-0.15, -0.1) is 0 Å². The summed E-state index contributed by atoms with van der Waals surface area (Å²) in [6, 6.07) is 10.9. The first-order chi connectivity index (χ1) is 15.1. The molecule has 2 saturated heterocycles. The Labute approximate surface area is 181 Å². The molecule has 1 spiro atoms. The average Bonchev–Trinajstić information content (AvgIpc) is 2.80. The van der Waals surface area contributed by atoms with Crippen molar-refractivity contribution in [1.82, 2.24) is 9.88 Å². The number of hydrogen-bond donors (Lipinski definition) is 0. The van der Waals surface area contributed by atoms with Gasteiger partial charge >= 0.3 is 0 Å². The number of nitrogens with zero attached hydrogens (tertiary/aromatic N) is 2. The van der Waals surface area contributed by atoms with Crippen LogP contribution in [0, 0.1) is 0 Å². The molecule has 0 bridgehead atoms. The van der Waals surface area contributed by atoms with Gasteiger partial charge in [0.1, 0.15) is 17.5 Å². The smallest absolute Gasteiger partial charge is 0.255 e. The molecule has 0 radical (unpaired) electrons. The van der Waals surface area contributed by atoms with Gasteiger partial charge in [-0.3, -0.25) is 9.59 Å². The van der Waals surface area contributed by atoms with Crippen molar-refractivity contribution in [3.05, 3.63) is 53.7 Å². The van der Waals surface area contributed by atoms with Gasteiger partial charge in [-0.25, -0.2) is 4.98 Å². The van der Waals surface area contributed by atoms with Crippen molar-refractivity contribution in [2.24, 2.45) is 0 Å². The Morgan fingerprint density at radius 2 is 1.87 bits per heavy atom. The highest BCUT2D eigenvalue weighted by molar-refractivity contribution is 6.00. The number of aromatic nitrogens is 1. The van der Waals surface area contributed by atoms with E-state index in [0.29, 0.717) is 68.3 Å². The lowest BCUT2D eigenvalue weighted by Crippen LogP contribution is -2.52. The summed E-state index contributed by atoms with van der Waals surface area (Å²) < 4.78 is 17.5. The van der Waals surface area contributed by atoms with Crippen molar-refractivity contribution in [3.8, 4) is 11.6 Å². The number of hydrogen-bond acceptors (Lipinski definition) is 6. The summed E-state index contributed by atoms with van der Waals surface area (Å²) in [4.78, 5) is 31.7. The first-order valence-electron chi connectivity index (χ1n) is 10.9. The summed E-state index contributed by atoms with van der Waals surface area (Å²) in [5.74, 6) is 1.25. The monoisotopic (exact) mass is 422 g/mol. The van der Waals surface area contributed by atoms with Crippen LogP contribution in [0.1, 0.15) is 52.8 Å². The van der Waals surface area contributed by atoms with Crippen molar-refractivity contribution < 1.29 is 23.8 Å². The molecule has 31 heavy (non-hydrogen) atoms. The van der Waals surface area contributed by atoms with Gasteiger partial charge in [0.15, 0.2) is 5.78 Å². The van der Waals surface area contributed by atoms with Crippen LogP contribution < -0.4 is 9.47 Å². The zero-order valence-corrected chi connectivity index (χ0v) is 17.4. The van der Waals surface area contributed by atoms with Crippen LogP contribution in [0.3, 0.4) is 0 Å². The fraction of sp³-hybridized carbons (Fsp3) is 0.458. The number of ether oxygens (including phenoxy) is 3. The maximum atomic E-state index is 13.0. The van der Waals surface area contributed by atoms with Gasteiger partial charge in [0, 0.05) is 51.0 Å². The lowest BCUT2D eigenvalue weighted by Gasteiger charge is -2.43. The van der Waals surface area contributed by atoms with Crippen molar-refractivity contribution in [1.29, 1.82) is 0 Å². The molecule has 0 aliphatic carbocycles. The first-order valence-corrected chi connectivity index (χ1v) is 10.9. The normalized spacial score (nSPS) is 20.8. The largest absolute Gasteiger partial charge is 0.486 e. The second-order valence-corrected chi connectivity index (χ2v) is 8.49. The Morgan fingerprint density at radius 3 is 2.61 bits per heavy atom. The van der Waals surface area contributed by atoms with Gasteiger partial charge in [0.05, 0.1) is 30.8 Å². The van der Waals surface area contributed by atoms with Crippen molar-refractivity contribution >= 4 is 11.7 Å². The fourth-order valence-corrected chi connectivity index (χ4v) is 4.56. The van der Waals surface area contributed by atoms with Gasteiger partial charge in [-0.1, -0.05) is 12.1 Å². The Balaban J connectivity index is 1.20. The number of carbonyl (C=O) groups is 2. The predicted molar refractivity (Wildman–Crippen MR) is 113 cm³/mol. The van der Waals surface area contributed by atoms with Crippen LogP contribution in [-0.4, -0.2) is 59.6 Å². The molecule has 7 nitrogen and oxygen atoms in total. The third kappa shape index (κ3) is 4.14. The molecule has 4 heterocycles. The van der Waals surface area contributed by atoms with E-state index in [2.05, 4.69) is 4.98 Å². The molecule has 1 aromatic carbocycles. The molecule has 3 aliphatic rings. The first kappa shape index (κ1) is 20.0. The Kier molecular flexibility index (Phi) is 5.36. The van der Waals surface area contributed by atoms with Crippen molar-refractivity contribution in [2.45, 2.75) is 43.8 Å². The Hall–Kier alpha value is -2.93. The average molecular weight is 422 g/mol. The van der Waals surface area contributed by atoms with Crippen LogP contribution in [0.2, 0.25) is 0 Å². The molecule has 2 aromatic rings. The Morgan fingerprint density at radius 1 is 1.10 bits per heavy atom. The van der Waals surface area contributed by atoms with E-state index in [1.807, 2.05) is 29.2 Å². The molecule has 162 valence electrons. The summed E-state index contributed by atoms with van der Waals surface area (Å²) in [6.45, 7) is 2.51. The van der Waals surface area contributed by atoms with Gasteiger partial charge in [-0.05, 0) is 18.2 Å². The van der Waals surface area contributed by atoms with Gasteiger partial charge in [-0.2, -0.15) is 0 Å². The molecule has 2 fully saturated rings. The number of amides is 1. The van der Waals surface area contributed by atoms with Gasteiger partial charge in [0.25, 0.3) is 5.91 Å². The summed E-state index contributed by atoms with van der Waals surface area (Å²) >= 11 is 0.